The third-order valence-corrected chi connectivity index (χ3v) is 2.49. The number of aryl methyl sites for hydroxylation is 1. The monoisotopic (exact) mass is 245 g/mol. The molecule has 1 heterocycles. The van der Waals surface area contributed by atoms with Gasteiger partial charge >= 0.3 is 0 Å². The van der Waals surface area contributed by atoms with Crippen molar-refractivity contribution in [3.05, 3.63) is 41.8 Å². The van der Waals surface area contributed by atoms with E-state index in [2.05, 4.69) is 10.5 Å². The molecule has 5 nitrogen and oxygen atoms in total. The van der Waals surface area contributed by atoms with Crippen LogP contribution in [0.4, 0.5) is 11.4 Å². The molecule has 0 spiro atoms. The highest BCUT2D eigenvalue weighted by molar-refractivity contribution is 6.02. The number of nitrogens with one attached hydrogen (secondary N) is 1. The predicted molar refractivity (Wildman–Crippen MR) is 70.0 cm³/mol. The number of aromatic nitrogens is 1. The minimum absolute atomic E-state index is 0.212. The first-order chi connectivity index (χ1) is 8.56. The molecule has 1 aromatic heterocycles. The van der Waals surface area contributed by atoms with Crippen molar-refractivity contribution in [3.63, 3.8) is 0 Å². The third-order valence-electron chi connectivity index (χ3n) is 2.49. The van der Waals surface area contributed by atoms with E-state index in [0.717, 1.165) is 11.4 Å². The Kier molecular flexibility index (Phi) is 3.32. The number of nitrogens with zero attached hydrogens (tertiary/aromatic N) is 2. The lowest BCUT2D eigenvalue weighted by Crippen LogP contribution is -2.12. The molecule has 0 aliphatic rings. The standard InChI is InChI=1S/C13H15N3O2/c1-9-8-12(18-15-9)13(17)14-10-4-6-11(7-5-10)16(2)3/h4-8H,1-3H3,(H,14,17). The predicted octanol–water partition coefficient (Wildman–Crippen LogP) is 2.30. The SMILES string of the molecule is Cc1cc(C(=O)Nc2ccc(N(C)C)cc2)on1. The van der Waals surface area contributed by atoms with Gasteiger partial charge in [0.1, 0.15) is 0 Å². The number of hydrogen-bond donors (Lipinski definition) is 1. The van der Waals surface area contributed by atoms with Crippen molar-refractivity contribution in [2.45, 2.75) is 6.92 Å². The molecular weight excluding hydrogens is 230 g/mol. The second kappa shape index (κ2) is 4.91. The summed E-state index contributed by atoms with van der Waals surface area (Å²) < 4.78 is 4.89. The smallest absolute Gasteiger partial charge is 0.294 e. The number of rotatable bonds is 3. The van der Waals surface area contributed by atoms with Crippen molar-refractivity contribution >= 4 is 17.3 Å². The van der Waals surface area contributed by atoms with Crippen LogP contribution in [0.2, 0.25) is 0 Å². The van der Waals surface area contributed by atoms with Crippen molar-refractivity contribution in [3.8, 4) is 0 Å². The summed E-state index contributed by atoms with van der Waals surface area (Å²) in [6, 6.07) is 9.15. The number of hydrogen-bond acceptors (Lipinski definition) is 4. The molecule has 94 valence electrons. The molecule has 0 saturated heterocycles. The molecule has 2 aromatic rings. The topological polar surface area (TPSA) is 58.4 Å². The van der Waals surface area contributed by atoms with Crippen LogP contribution in [0, 0.1) is 6.92 Å². The molecule has 0 unspecified atom stereocenters. The van der Waals surface area contributed by atoms with Gasteiger partial charge in [0.15, 0.2) is 0 Å². The lowest BCUT2D eigenvalue weighted by molar-refractivity contribution is 0.0988. The minimum atomic E-state index is -0.298. The second-order valence-electron chi connectivity index (χ2n) is 4.23. The second-order valence-corrected chi connectivity index (χ2v) is 4.23. The maximum Gasteiger partial charge on any atom is 0.294 e. The van der Waals surface area contributed by atoms with Gasteiger partial charge in [0, 0.05) is 31.5 Å². The van der Waals surface area contributed by atoms with E-state index < -0.39 is 0 Å². The fraction of sp³-hybridized carbons (Fsp3) is 0.231. The van der Waals surface area contributed by atoms with Gasteiger partial charge in [0.25, 0.3) is 5.91 Å². The minimum Gasteiger partial charge on any atom is -0.378 e. The van der Waals surface area contributed by atoms with Crippen LogP contribution in [0.15, 0.2) is 34.9 Å². The molecule has 0 saturated carbocycles. The molecule has 2 rings (SSSR count). The normalized spacial score (nSPS) is 10.2. The highest BCUT2D eigenvalue weighted by Crippen LogP contribution is 2.16. The fourth-order valence-corrected chi connectivity index (χ4v) is 1.51. The van der Waals surface area contributed by atoms with E-state index in [9.17, 15) is 4.79 Å². The van der Waals surface area contributed by atoms with Crippen molar-refractivity contribution < 1.29 is 9.32 Å². The molecule has 0 radical (unpaired) electrons. The van der Waals surface area contributed by atoms with Gasteiger partial charge in [-0.15, -0.1) is 0 Å². The Bertz CT molecular complexity index is 544. The van der Waals surface area contributed by atoms with Gasteiger partial charge in [-0.25, -0.2) is 0 Å². The van der Waals surface area contributed by atoms with Crippen LogP contribution in [0.25, 0.3) is 0 Å². The average molecular weight is 245 g/mol. The summed E-state index contributed by atoms with van der Waals surface area (Å²) in [7, 11) is 3.93. The number of carbonyl (C=O) groups is 1. The average Bonchev–Trinajstić information content (AvgIpc) is 2.76. The molecule has 0 bridgehead atoms. The van der Waals surface area contributed by atoms with Crippen LogP contribution in [0.3, 0.4) is 0 Å². The summed E-state index contributed by atoms with van der Waals surface area (Å²) in [6.45, 7) is 1.77. The Morgan fingerprint density at radius 3 is 2.44 bits per heavy atom. The van der Waals surface area contributed by atoms with E-state index in [-0.39, 0.29) is 11.7 Å². The summed E-state index contributed by atoms with van der Waals surface area (Å²) in [5, 5.41) is 6.42. The van der Waals surface area contributed by atoms with Crippen LogP contribution in [0.1, 0.15) is 16.2 Å². The molecular formula is C13H15N3O2. The first-order valence-electron chi connectivity index (χ1n) is 5.58. The summed E-state index contributed by atoms with van der Waals surface area (Å²) >= 11 is 0. The number of carbonyl (C=O) groups excluding carboxylic acids is 1. The molecule has 0 aliphatic heterocycles. The van der Waals surface area contributed by atoms with Crippen molar-refractivity contribution in [1.82, 2.24) is 5.16 Å². The van der Waals surface area contributed by atoms with E-state index in [4.69, 9.17) is 4.52 Å². The number of anilines is 2. The zero-order chi connectivity index (χ0) is 13.1. The number of amides is 1. The molecule has 0 atom stereocenters. The largest absolute Gasteiger partial charge is 0.378 e. The Balaban J connectivity index is 2.07. The van der Waals surface area contributed by atoms with Gasteiger partial charge in [0.2, 0.25) is 5.76 Å². The molecule has 1 amide bonds. The van der Waals surface area contributed by atoms with Crippen LogP contribution in [-0.2, 0) is 0 Å². The summed E-state index contributed by atoms with van der Waals surface area (Å²) in [5.41, 5.74) is 2.48. The quantitative estimate of drug-likeness (QED) is 0.901. The van der Waals surface area contributed by atoms with Crippen LogP contribution in [0.5, 0.6) is 0 Å². The Labute approximate surface area is 105 Å². The molecule has 5 heteroatoms. The van der Waals surface area contributed by atoms with Gasteiger partial charge in [0.05, 0.1) is 5.69 Å². The maximum atomic E-state index is 11.8. The van der Waals surface area contributed by atoms with Gasteiger partial charge < -0.3 is 14.7 Å². The maximum absolute atomic E-state index is 11.8. The summed E-state index contributed by atoms with van der Waals surface area (Å²) in [4.78, 5) is 13.8. The zero-order valence-electron chi connectivity index (χ0n) is 10.6. The molecule has 1 N–H and O–H groups in total. The van der Waals surface area contributed by atoms with Gasteiger partial charge in [-0.05, 0) is 31.2 Å². The highest BCUT2D eigenvalue weighted by atomic mass is 16.5. The van der Waals surface area contributed by atoms with E-state index in [1.54, 1.807) is 13.0 Å². The Hall–Kier alpha value is -2.30. The van der Waals surface area contributed by atoms with E-state index in [1.807, 2.05) is 43.3 Å². The first kappa shape index (κ1) is 12.2. The van der Waals surface area contributed by atoms with Gasteiger partial charge in [-0.3, -0.25) is 4.79 Å². The first-order valence-corrected chi connectivity index (χ1v) is 5.58. The molecule has 18 heavy (non-hydrogen) atoms. The fourth-order valence-electron chi connectivity index (χ4n) is 1.51. The summed E-state index contributed by atoms with van der Waals surface area (Å²) in [6.07, 6.45) is 0. The zero-order valence-corrected chi connectivity index (χ0v) is 10.6. The van der Waals surface area contributed by atoms with Crippen molar-refractivity contribution in [2.24, 2.45) is 0 Å². The lowest BCUT2D eigenvalue weighted by atomic mass is 10.2. The highest BCUT2D eigenvalue weighted by Gasteiger charge is 2.11. The summed E-state index contributed by atoms with van der Waals surface area (Å²) in [5.74, 6) is -0.0858. The lowest BCUT2D eigenvalue weighted by Gasteiger charge is -2.12. The molecule has 1 aromatic carbocycles. The van der Waals surface area contributed by atoms with Crippen LogP contribution < -0.4 is 10.2 Å². The van der Waals surface area contributed by atoms with E-state index >= 15 is 0 Å². The Morgan fingerprint density at radius 2 is 1.94 bits per heavy atom. The number of benzene rings is 1. The van der Waals surface area contributed by atoms with Crippen molar-refractivity contribution in [1.29, 1.82) is 0 Å². The molecule has 0 fully saturated rings. The van der Waals surface area contributed by atoms with Gasteiger partial charge in [-0.2, -0.15) is 0 Å². The van der Waals surface area contributed by atoms with E-state index in [0.29, 0.717) is 5.69 Å². The van der Waals surface area contributed by atoms with Gasteiger partial charge in [-0.1, -0.05) is 5.16 Å². The molecule has 0 aliphatic carbocycles. The third kappa shape index (κ3) is 2.68. The Morgan fingerprint density at radius 1 is 1.28 bits per heavy atom. The van der Waals surface area contributed by atoms with Crippen molar-refractivity contribution in [2.75, 3.05) is 24.3 Å². The van der Waals surface area contributed by atoms with Crippen LogP contribution >= 0.6 is 0 Å². The van der Waals surface area contributed by atoms with Crippen LogP contribution in [-0.4, -0.2) is 25.2 Å². The van der Waals surface area contributed by atoms with E-state index in [1.165, 1.54) is 0 Å².